The second-order valence-corrected chi connectivity index (χ2v) is 40.7. The molecule has 1 heterocycles. The van der Waals surface area contributed by atoms with Crippen molar-refractivity contribution < 1.29 is 4.74 Å². The first-order valence-electron chi connectivity index (χ1n) is 47.5. The zero-order valence-electron chi connectivity index (χ0n) is 84.1. The molecule has 0 bridgehead atoms. The molecule has 3 heteroatoms. The third kappa shape index (κ3) is 52.2. The van der Waals surface area contributed by atoms with Gasteiger partial charge in [0.2, 0.25) is 0 Å². The number of para-hydroxylation sites is 1. The maximum atomic E-state index is 5.76. The van der Waals surface area contributed by atoms with Gasteiger partial charge in [-0.05, 0) is 260 Å². The molecule has 9 rings (SSSR count). The fraction of sp³-hybridized carbons (Fsp3) is 0.556. The molecule has 0 saturated carbocycles. The van der Waals surface area contributed by atoms with Crippen LogP contribution in [0.15, 0.2) is 207 Å². The molecule has 0 amide bonds. The fourth-order valence-electron chi connectivity index (χ4n) is 13.5. The fourth-order valence-corrected chi connectivity index (χ4v) is 13.5. The molecule has 0 fully saturated rings. The quantitative estimate of drug-likeness (QED) is 0.0450. The van der Waals surface area contributed by atoms with E-state index in [2.05, 4.69) is 447 Å². The Morgan fingerprint density at radius 1 is 0.217 bits per heavy atom. The van der Waals surface area contributed by atoms with Gasteiger partial charge >= 0.3 is 0 Å². The van der Waals surface area contributed by atoms with E-state index in [1.54, 1.807) is 0 Å². The summed E-state index contributed by atoms with van der Waals surface area (Å²) in [4.78, 5) is 8.67. The Hall–Kier alpha value is -7.36. The highest BCUT2D eigenvalue weighted by Crippen LogP contribution is 2.28. The molecule has 0 N–H and O–H groups in total. The molecule has 0 aliphatic heterocycles. The van der Waals surface area contributed by atoms with Gasteiger partial charge in [0.05, 0.1) is 18.0 Å². The summed E-state index contributed by atoms with van der Waals surface area (Å²) in [5.74, 6) is 13.1. The largest absolute Gasteiger partial charge is 0.493 e. The Labute approximate surface area is 743 Å². The van der Waals surface area contributed by atoms with Gasteiger partial charge in [-0.3, -0.25) is 9.97 Å². The maximum absolute atomic E-state index is 5.76. The topological polar surface area (TPSA) is 35.0 Å². The highest BCUT2D eigenvalue weighted by atomic mass is 16.5. The van der Waals surface area contributed by atoms with Gasteiger partial charge in [0.15, 0.2) is 0 Å². The van der Waals surface area contributed by atoms with Gasteiger partial charge in [0, 0.05) is 12.4 Å². The summed E-state index contributed by atoms with van der Waals surface area (Å²) in [6.45, 7) is 81.2. The molecule has 120 heavy (non-hydrogen) atoms. The molecule has 0 saturated heterocycles. The van der Waals surface area contributed by atoms with Crippen LogP contribution in [0.4, 0.5) is 0 Å². The number of aromatic nitrogens is 2. The Kier molecular flexibility index (Phi) is 57.0. The summed E-state index contributed by atoms with van der Waals surface area (Å²) in [5, 5.41) is 0. The van der Waals surface area contributed by atoms with Crippen molar-refractivity contribution in [3.63, 3.8) is 0 Å². The minimum atomic E-state index is 0.471. The lowest BCUT2D eigenvalue weighted by molar-refractivity contribution is 0.268. The van der Waals surface area contributed by atoms with Crippen molar-refractivity contribution >= 4 is 0 Å². The van der Waals surface area contributed by atoms with Crippen molar-refractivity contribution in [2.24, 2.45) is 53.3 Å². The molecule has 0 aliphatic carbocycles. The maximum Gasteiger partial charge on any atom is 0.122 e. The van der Waals surface area contributed by atoms with Crippen molar-refractivity contribution in [1.82, 2.24) is 9.97 Å². The van der Waals surface area contributed by atoms with Crippen LogP contribution < -0.4 is 4.74 Å². The first-order valence-corrected chi connectivity index (χ1v) is 47.5. The second-order valence-electron chi connectivity index (χ2n) is 40.7. The van der Waals surface area contributed by atoms with Crippen molar-refractivity contribution in [3.8, 4) is 5.75 Å². The molecule has 0 atom stereocenters. The number of hydrogen-bond acceptors (Lipinski definition) is 3. The summed E-state index contributed by atoms with van der Waals surface area (Å²) in [5.41, 5.74) is 24.0. The molecule has 1 aromatic heterocycles. The first kappa shape index (κ1) is 111. The standard InChI is InChI=1S/4C14H22.C13H20O.2C13H20.C12H18.C10H16N2/c1-11(2)9-13-5-7-14(8-6-13)10-12(3)4;1-11(2)5-6-13-7-9-14(10-8-13)12(3)4;1-11(2)8-13-6-5-7-14(10-13)9-12(3)4;1-11(2)9-10-13-7-5-6-8-14(13)12(3)4;1-10(2)9-14-13-8-6-5-7-12(13)11(3)4;1-10(2)9-12-5-7-13(8-6-12)11(3)4;1-10(2)8-12-6-5-7-13(9-12)11(3)4;1-9(2)11-5-7-12(8-6-11)10(3)4;1-7(2)9-5-12-10(6-11-9)8(3)4/h5-8,11-12H,9-10H2,1-4H3;7-12H,5-6H2,1-4H3;5-7,10-12H,8-9H2,1-4H3;5-8,11-12H,9-10H2,1-4H3;5-8,10-11H,9H2,1-4H3;5-8,10-11H,9H2,1-4H3;5-7,9-11H,8H2,1-4H3;5-10H,1-4H3;5-8H,1-4H3. The lowest BCUT2D eigenvalue weighted by Gasteiger charge is -2.14. The molecule has 666 valence electrons. The third-order valence-corrected chi connectivity index (χ3v) is 20.7. The van der Waals surface area contributed by atoms with Gasteiger partial charge in [-0.15, -0.1) is 0 Å². The van der Waals surface area contributed by atoms with Crippen molar-refractivity contribution in [3.05, 3.63) is 301 Å². The van der Waals surface area contributed by atoms with E-state index in [-0.39, 0.29) is 0 Å². The van der Waals surface area contributed by atoms with Gasteiger partial charge in [0.25, 0.3) is 0 Å². The molecular weight excluding hydrogens is 1450 g/mol. The number of nitrogens with zero attached hydrogens (tertiary/aromatic N) is 2. The van der Waals surface area contributed by atoms with Crippen molar-refractivity contribution in [2.45, 2.75) is 367 Å². The highest BCUT2D eigenvalue weighted by Gasteiger charge is 2.12. The Balaban J connectivity index is 0.000000675. The average Bonchev–Trinajstić information content (AvgIpc) is 0.861. The molecule has 9 aromatic rings. The molecule has 0 aliphatic rings. The summed E-state index contributed by atoms with van der Waals surface area (Å²) in [6.07, 6.45) is 16.0. The van der Waals surface area contributed by atoms with E-state index in [4.69, 9.17) is 4.74 Å². The van der Waals surface area contributed by atoms with E-state index in [1.807, 2.05) is 18.5 Å². The van der Waals surface area contributed by atoms with E-state index >= 15 is 0 Å². The normalized spacial score (nSPS) is 11.2. The monoisotopic (exact) mass is 1630 g/mol. The number of aryl methyl sites for hydroxylation is 2. The lowest BCUT2D eigenvalue weighted by atomic mass is 9.93. The molecular formula is C117H182N2O. The van der Waals surface area contributed by atoms with Crippen molar-refractivity contribution in [2.75, 3.05) is 6.61 Å². The Morgan fingerprint density at radius 3 is 0.825 bits per heavy atom. The number of rotatable bonds is 30. The summed E-state index contributed by atoms with van der Waals surface area (Å²) in [7, 11) is 0. The minimum absolute atomic E-state index is 0.471. The van der Waals surface area contributed by atoms with Gasteiger partial charge in [-0.1, -0.05) is 437 Å². The van der Waals surface area contributed by atoms with Gasteiger partial charge in [-0.2, -0.15) is 0 Å². The SMILES string of the molecule is CC(C)CCc1ccc(C(C)C)cc1.CC(C)CCc1ccccc1C(C)C.CC(C)COc1ccccc1C(C)C.CC(C)Cc1ccc(C(C)C)cc1.CC(C)Cc1ccc(CC(C)C)cc1.CC(C)Cc1cccc(C(C)C)c1.CC(C)Cc1cccc(CC(C)C)c1.CC(C)c1ccc(C(C)C)cc1.CC(C)c1cnc(C(C)C)cn1. The van der Waals surface area contributed by atoms with Crippen LogP contribution >= 0.6 is 0 Å². The van der Waals surface area contributed by atoms with E-state index in [1.165, 1.54) is 148 Å². The summed E-state index contributed by atoms with van der Waals surface area (Å²) >= 11 is 0. The third-order valence-electron chi connectivity index (χ3n) is 20.7. The van der Waals surface area contributed by atoms with Crippen LogP contribution in [0.5, 0.6) is 5.75 Å². The van der Waals surface area contributed by atoms with Gasteiger partial charge < -0.3 is 4.74 Å². The number of hydrogen-bond donors (Lipinski definition) is 0. The molecule has 3 nitrogen and oxygen atoms in total. The molecule has 0 unspecified atom stereocenters. The van der Waals surface area contributed by atoms with Crippen LogP contribution in [0.1, 0.15) is 410 Å². The van der Waals surface area contributed by atoms with Crippen LogP contribution in [0.3, 0.4) is 0 Å². The van der Waals surface area contributed by atoms with Crippen LogP contribution in [0, 0.1) is 53.3 Å². The second kappa shape index (κ2) is 61.9. The zero-order chi connectivity index (χ0) is 90.7. The van der Waals surface area contributed by atoms with E-state index in [9.17, 15) is 0 Å². The van der Waals surface area contributed by atoms with E-state index in [0.717, 1.165) is 71.1 Å². The van der Waals surface area contributed by atoms with Crippen LogP contribution in [-0.2, 0) is 51.4 Å². The van der Waals surface area contributed by atoms with Crippen LogP contribution in [0.2, 0.25) is 0 Å². The Morgan fingerprint density at radius 2 is 0.508 bits per heavy atom. The van der Waals surface area contributed by atoms with E-state index < -0.39 is 0 Å². The zero-order valence-corrected chi connectivity index (χ0v) is 84.1. The smallest absolute Gasteiger partial charge is 0.122 e. The average molecular weight is 1630 g/mol. The minimum Gasteiger partial charge on any atom is -0.493 e. The number of benzene rings is 8. The molecule has 8 aromatic carbocycles. The van der Waals surface area contributed by atoms with Crippen molar-refractivity contribution in [1.29, 1.82) is 0 Å². The lowest BCUT2D eigenvalue weighted by Crippen LogP contribution is -2.06. The summed E-state index contributed by atoms with van der Waals surface area (Å²) < 4.78 is 5.76. The summed E-state index contributed by atoms with van der Waals surface area (Å²) in [6, 6.07) is 71.3. The predicted molar refractivity (Wildman–Crippen MR) is 538 cm³/mol. The molecule has 0 radical (unpaired) electrons. The number of ether oxygens (including phenoxy) is 1. The van der Waals surface area contributed by atoms with Gasteiger partial charge in [-0.25, -0.2) is 0 Å². The van der Waals surface area contributed by atoms with Gasteiger partial charge in [0.1, 0.15) is 5.75 Å². The first-order chi connectivity index (χ1) is 56.4. The highest BCUT2D eigenvalue weighted by molar-refractivity contribution is 5.36. The van der Waals surface area contributed by atoms with E-state index in [0.29, 0.717) is 59.2 Å². The van der Waals surface area contributed by atoms with Crippen LogP contribution in [-0.4, -0.2) is 16.6 Å². The molecule has 0 spiro atoms. The Bertz CT molecular complexity index is 3740. The predicted octanol–water partition coefficient (Wildman–Crippen LogP) is 35.5. The van der Waals surface area contributed by atoms with Crippen LogP contribution in [0.25, 0.3) is 0 Å².